The van der Waals surface area contributed by atoms with Gasteiger partial charge < -0.3 is 82.6 Å². The Morgan fingerprint density at radius 3 is 2.08 bits per heavy atom. The standard InChI is InChI=1S/C21H41N5O11/c1-26-11-14(30)18-8(33-20(11)37-21-16(32)13(29)10(25)9(4-27)34-21)3-7(24)19(36-18)35-17-6(23)2-5(22)12(28)15(17)31/h5-21,26-32H,2-4,22-25H2,1H3/t5-,6+,7-,8+,9-,10-,11+,12+,13+,14-,15-,16-,17+,18+,19+,20-,21-/m1/s1. The van der Waals surface area contributed by atoms with Crippen LogP contribution in [0.3, 0.4) is 0 Å². The van der Waals surface area contributed by atoms with Crippen LogP contribution < -0.4 is 28.3 Å². The lowest BCUT2D eigenvalue weighted by atomic mass is 9.84. The molecule has 3 saturated heterocycles. The van der Waals surface area contributed by atoms with E-state index in [4.69, 9.17) is 46.6 Å². The fraction of sp³-hybridized carbons (Fsp3) is 1.00. The number of aliphatic hydroxyl groups excluding tert-OH is 6. The highest BCUT2D eigenvalue weighted by Gasteiger charge is 2.54. The zero-order valence-electron chi connectivity index (χ0n) is 20.5. The Morgan fingerprint density at radius 2 is 1.43 bits per heavy atom. The first-order valence-corrected chi connectivity index (χ1v) is 12.5. The molecule has 4 aliphatic rings. The number of hydrogen-bond donors (Lipinski definition) is 11. The van der Waals surface area contributed by atoms with Gasteiger partial charge in [-0.3, -0.25) is 0 Å². The van der Waals surface area contributed by atoms with E-state index >= 15 is 0 Å². The molecule has 216 valence electrons. The van der Waals surface area contributed by atoms with Crippen LogP contribution in [-0.4, -0.2) is 148 Å². The summed E-state index contributed by atoms with van der Waals surface area (Å²) >= 11 is 0. The largest absolute Gasteiger partial charge is 0.394 e. The molecule has 0 amide bonds. The van der Waals surface area contributed by atoms with E-state index in [1.54, 1.807) is 7.05 Å². The lowest BCUT2D eigenvalue weighted by Crippen LogP contribution is -2.70. The third-order valence-corrected chi connectivity index (χ3v) is 7.74. The molecule has 17 atom stereocenters. The summed E-state index contributed by atoms with van der Waals surface area (Å²) in [4.78, 5) is 0. The van der Waals surface area contributed by atoms with Gasteiger partial charge in [0.05, 0.1) is 36.9 Å². The van der Waals surface area contributed by atoms with E-state index < -0.39 is 111 Å². The molecular weight excluding hydrogens is 498 g/mol. The molecule has 0 aromatic rings. The van der Waals surface area contributed by atoms with Gasteiger partial charge in [-0.2, -0.15) is 0 Å². The lowest BCUT2D eigenvalue weighted by molar-refractivity contribution is -0.373. The molecule has 0 radical (unpaired) electrons. The van der Waals surface area contributed by atoms with Gasteiger partial charge in [-0.15, -0.1) is 0 Å². The molecule has 0 aromatic heterocycles. The van der Waals surface area contributed by atoms with Crippen molar-refractivity contribution in [1.82, 2.24) is 5.32 Å². The minimum absolute atomic E-state index is 0.156. The van der Waals surface area contributed by atoms with Gasteiger partial charge in [-0.1, -0.05) is 0 Å². The summed E-state index contributed by atoms with van der Waals surface area (Å²) in [6.45, 7) is -0.508. The van der Waals surface area contributed by atoms with E-state index in [2.05, 4.69) is 5.32 Å². The van der Waals surface area contributed by atoms with Crippen LogP contribution in [0, 0.1) is 0 Å². The molecule has 0 bridgehead atoms. The van der Waals surface area contributed by atoms with Crippen molar-refractivity contribution in [2.45, 2.75) is 117 Å². The average molecular weight is 540 g/mol. The van der Waals surface area contributed by atoms with Gasteiger partial charge in [0.15, 0.2) is 18.9 Å². The number of aliphatic hydroxyl groups is 6. The van der Waals surface area contributed by atoms with Crippen molar-refractivity contribution in [3.05, 3.63) is 0 Å². The maximum absolute atomic E-state index is 11.1. The first-order chi connectivity index (χ1) is 17.5. The zero-order valence-corrected chi connectivity index (χ0v) is 20.5. The Labute approximate surface area is 213 Å². The molecule has 1 saturated carbocycles. The molecule has 37 heavy (non-hydrogen) atoms. The van der Waals surface area contributed by atoms with Crippen molar-refractivity contribution in [2.24, 2.45) is 22.9 Å². The second kappa shape index (κ2) is 11.8. The maximum Gasteiger partial charge on any atom is 0.189 e. The van der Waals surface area contributed by atoms with E-state index in [1.807, 2.05) is 0 Å². The van der Waals surface area contributed by atoms with Gasteiger partial charge in [-0.25, -0.2) is 0 Å². The van der Waals surface area contributed by atoms with Crippen LogP contribution in [0.5, 0.6) is 0 Å². The van der Waals surface area contributed by atoms with Crippen molar-refractivity contribution in [2.75, 3.05) is 13.7 Å². The van der Waals surface area contributed by atoms with E-state index in [0.29, 0.717) is 0 Å². The highest BCUT2D eigenvalue weighted by molar-refractivity contribution is 5.01. The monoisotopic (exact) mass is 539 g/mol. The fourth-order valence-electron chi connectivity index (χ4n) is 5.46. The molecular formula is C21H41N5O11. The summed E-state index contributed by atoms with van der Waals surface area (Å²) in [6, 6.07) is -4.05. The van der Waals surface area contributed by atoms with Gasteiger partial charge >= 0.3 is 0 Å². The van der Waals surface area contributed by atoms with Gasteiger partial charge in [0.1, 0.15) is 42.7 Å². The van der Waals surface area contributed by atoms with Crippen LogP contribution in [0.2, 0.25) is 0 Å². The number of ether oxygens (including phenoxy) is 5. The number of rotatable bonds is 6. The maximum atomic E-state index is 11.1. The molecule has 4 fully saturated rings. The van der Waals surface area contributed by atoms with Crippen molar-refractivity contribution < 1.29 is 54.3 Å². The van der Waals surface area contributed by atoms with Crippen molar-refractivity contribution in [3.8, 4) is 0 Å². The van der Waals surface area contributed by atoms with E-state index in [-0.39, 0.29) is 12.8 Å². The summed E-state index contributed by atoms with van der Waals surface area (Å²) in [5.41, 5.74) is 24.0. The predicted molar refractivity (Wildman–Crippen MR) is 123 cm³/mol. The Hall–Kier alpha value is -0.640. The molecule has 3 heterocycles. The highest BCUT2D eigenvalue weighted by Crippen LogP contribution is 2.35. The van der Waals surface area contributed by atoms with E-state index in [1.165, 1.54) is 0 Å². The van der Waals surface area contributed by atoms with Gasteiger partial charge in [0.2, 0.25) is 0 Å². The summed E-state index contributed by atoms with van der Waals surface area (Å²) in [6.07, 6.45) is -13.7. The van der Waals surface area contributed by atoms with Crippen LogP contribution >= 0.6 is 0 Å². The normalized spacial score (nSPS) is 55.1. The van der Waals surface area contributed by atoms with Crippen LogP contribution in [0.25, 0.3) is 0 Å². The number of hydrogen-bond acceptors (Lipinski definition) is 16. The highest BCUT2D eigenvalue weighted by atomic mass is 16.8. The smallest absolute Gasteiger partial charge is 0.189 e. The Balaban J connectivity index is 1.43. The van der Waals surface area contributed by atoms with E-state index in [0.717, 1.165) is 0 Å². The second-order valence-corrected chi connectivity index (χ2v) is 10.3. The molecule has 0 spiro atoms. The summed E-state index contributed by atoms with van der Waals surface area (Å²) < 4.78 is 29.2. The summed E-state index contributed by atoms with van der Waals surface area (Å²) in [5.74, 6) is 0. The lowest BCUT2D eigenvalue weighted by Gasteiger charge is -2.51. The molecule has 3 aliphatic heterocycles. The molecule has 0 aromatic carbocycles. The summed E-state index contributed by atoms with van der Waals surface area (Å²) in [5, 5.41) is 64.7. The van der Waals surface area contributed by atoms with Crippen molar-refractivity contribution in [1.29, 1.82) is 0 Å². The SMILES string of the molecule is CN[C@@H]1[C@@H](O[C@H]2O[C@H](CO)[C@@H](N)[C@H](O)[C@H]2O)O[C@H]2C[C@@H](N)[C@@H](O[C@@H]3[C@H](O)[C@@H](O)[C@H](N)C[C@@H]3N)O[C@@H]2[C@@H]1O. The zero-order chi connectivity index (χ0) is 27.2. The molecule has 1 aliphatic carbocycles. The Bertz CT molecular complexity index is 756. The first kappa shape index (κ1) is 29.3. The van der Waals surface area contributed by atoms with Gasteiger partial charge in [0, 0.05) is 12.1 Å². The molecule has 0 unspecified atom stereocenters. The Morgan fingerprint density at radius 1 is 0.730 bits per heavy atom. The van der Waals surface area contributed by atoms with E-state index in [9.17, 15) is 30.6 Å². The summed E-state index contributed by atoms with van der Waals surface area (Å²) in [7, 11) is 1.55. The molecule has 16 heteroatoms. The average Bonchev–Trinajstić information content (AvgIpc) is 2.86. The number of nitrogens with one attached hydrogen (secondary N) is 1. The number of likely N-dealkylation sites (N-methyl/N-ethyl adjacent to an activating group) is 1. The number of fused-ring (bicyclic) bond motifs is 1. The molecule has 4 rings (SSSR count). The van der Waals surface area contributed by atoms with Crippen molar-refractivity contribution in [3.63, 3.8) is 0 Å². The first-order valence-electron chi connectivity index (χ1n) is 12.5. The predicted octanol–water partition coefficient (Wildman–Crippen LogP) is -6.95. The van der Waals surface area contributed by atoms with Crippen molar-refractivity contribution >= 4 is 0 Å². The van der Waals surface area contributed by atoms with Crippen LogP contribution in [0.1, 0.15) is 12.8 Å². The van der Waals surface area contributed by atoms with Crippen LogP contribution in [-0.2, 0) is 23.7 Å². The third-order valence-electron chi connectivity index (χ3n) is 7.74. The van der Waals surface area contributed by atoms with Crippen LogP contribution in [0.15, 0.2) is 0 Å². The van der Waals surface area contributed by atoms with Gasteiger partial charge in [0.25, 0.3) is 0 Å². The second-order valence-electron chi connectivity index (χ2n) is 10.3. The third kappa shape index (κ3) is 5.66. The minimum Gasteiger partial charge on any atom is -0.394 e. The van der Waals surface area contributed by atoms with Gasteiger partial charge in [-0.05, 0) is 19.9 Å². The van der Waals surface area contributed by atoms with Crippen LogP contribution in [0.4, 0.5) is 0 Å². The molecule has 15 N–H and O–H groups in total. The number of nitrogens with two attached hydrogens (primary N) is 4. The Kier molecular flexibility index (Phi) is 9.40. The topological polar surface area (TPSA) is 284 Å². The molecule has 16 nitrogen and oxygen atoms in total. The fourth-order valence-corrected chi connectivity index (χ4v) is 5.46. The quantitative estimate of drug-likeness (QED) is 0.149. The minimum atomic E-state index is -1.54.